The molecule has 2 aliphatic heterocycles. The van der Waals surface area contributed by atoms with Crippen LogP contribution in [0.1, 0.15) is 20.7 Å². The van der Waals surface area contributed by atoms with Crippen LogP contribution in [-0.4, -0.2) is 99.3 Å². The smallest absolute Gasteiger partial charge is 0.257 e. The number of ether oxygens (including phenoxy) is 3. The summed E-state index contributed by atoms with van der Waals surface area (Å²) in [7, 11) is 3.13. The molecular formula is C25H30ClN3O5. The van der Waals surface area contributed by atoms with Crippen LogP contribution in [0.15, 0.2) is 42.5 Å². The second-order valence-electron chi connectivity index (χ2n) is 8.41. The van der Waals surface area contributed by atoms with E-state index in [2.05, 4.69) is 4.90 Å². The summed E-state index contributed by atoms with van der Waals surface area (Å²) >= 11 is 6.05. The third-order valence-electron chi connectivity index (χ3n) is 6.26. The Morgan fingerprint density at radius 1 is 0.971 bits per heavy atom. The van der Waals surface area contributed by atoms with E-state index in [-0.39, 0.29) is 17.9 Å². The molecule has 0 saturated carbocycles. The molecule has 182 valence electrons. The molecule has 8 nitrogen and oxygen atoms in total. The highest BCUT2D eigenvalue weighted by atomic mass is 35.5. The van der Waals surface area contributed by atoms with E-state index in [1.165, 1.54) is 0 Å². The van der Waals surface area contributed by atoms with Crippen LogP contribution in [0.2, 0.25) is 5.02 Å². The van der Waals surface area contributed by atoms with Crippen LogP contribution in [0.5, 0.6) is 11.5 Å². The summed E-state index contributed by atoms with van der Waals surface area (Å²) in [6, 6.07) is 12.3. The molecule has 0 radical (unpaired) electrons. The molecule has 0 spiro atoms. The highest BCUT2D eigenvalue weighted by molar-refractivity contribution is 6.30. The van der Waals surface area contributed by atoms with E-state index < -0.39 is 0 Å². The molecule has 2 amide bonds. The number of halogens is 1. The van der Waals surface area contributed by atoms with Crippen molar-refractivity contribution in [2.75, 3.05) is 66.6 Å². The van der Waals surface area contributed by atoms with Gasteiger partial charge in [0, 0.05) is 62.5 Å². The predicted octanol–water partition coefficient (Wildman–Crippen LogP) is 2.66. The quantitative estimate of drug-likeness (QED) is 0.624. The molecule has 0 aliphatic carbocycles. The lowest BCUT2D eigenvalue weighted by Gasteiger charge is -2.39. The fraction of sp³-hybridized carbons (Fsp3) is 0.440. The number of amides is 2. The molecule has 9 heteroatoms. The number of benzene rings is 2. The maximum Gasteiger partial charge on any atom is 0.257 e. The number of hydrogen-bond acceptors (Lipinski definition) is 6. The molecular weight excluding hydrogens is 458 g/mol. The van der Waals surface area contributed by atoms with Gasteiger partial charge in [0.15, 0.2) is 0 Å². The van der Waals surface area contributed by atoms with Crippen LogP contribution in [0, 0.1) is 0 Å². The van der Waals surface area contributed by atoms with Gasteiger partial charge in [-0.1, -0.05) is 17.7 Å². The fourth-order valence-corrected chi connectivity index (χ4v) is 4.58. The van der Waals surface area contributed by atoms with Gasteiger partial charge < -0.3 is 24.0 Å². The predicted molar refractivity (Wildman–Crippen MR) is 129 cm³/mol. The van der Waals surface area contributed by atoms with Crippen LogP contribution in [0.3, 0.4) is 0 Å². The van der Waals surface area contributed by atoms with Crippen molar-refractivity contribution in [2.24, 2.45) is 0 Å². The molecule has 2 aromatic rings. The minimum atomic E-state index is -0.0687. The van der Waals surface area contributed by atoms with Crippen LogP contribution in [-0.2, 0) is 4.74 Å². The maximum atomic E-state index is 13.1. The lowest BCUT2D eigenvalue weighted by molar-refractivity contribution is -0.0400. The average molecular weight is 488 g/mol. The van der Waals surface area contributed by atoms with Gasteiger partial charge in [0.25, 0.3) is 11.8 Å². The van der Waals surface area contributed by atoms with Crippen molar-refractivity contribution in [2.45, 2.75) is 6.10 Å². The SMILES string of the molecule is COc1ccc(C(=O)N2CCN(CC3CN(C(=O)c4cccc(Cl)c4)CCO3)CC2)c(OC)c1. The number of nitrogens with zero attached hydrogens (tertiary/aromatic N) is 3. The molecule has 0 aromatic heterocycles. The summed E-state index contributed by atoms with van der Waals surface area (Å²) in [6.07, 6.45) is -0.0687. The van der Waals surface area contributed by atoms with Gasteiger partial charge in [0.05, 0.1) is 32.5 Å². The Bertz CT molecular complexity index is 1030. The zero-order chi connectivity index (χ0) is 24.1. The minimum absolute atomic E-state index is 0.0281. The summed E-state index contributed by atoms with van der Waals surface area (Å²) < 4.78 is 16.6. The van der Waals surface area contributed by atoms with E-state index in [1.54, 1.807) is 56.7 Å². The van der Waals surface area contributed by atoms with Crippen molar-refractivity contribution < 1.29 is 23.8 Å². The topological polar surface area (TPSA) is 71.6 Å². The summed E-state index contributed by atoms with van der Waals surface area (Å²) in [5.41, 5.74) is 1.12. The Morgan fingerprint density at radius 3 is 2.47 bits per heavy atom. The van der Waals surface area contributed by atoms with E-state index in [1.807, 2.05) is 9.80 Å². The largest absolute Gasteiger partial charge is 0.497 e. The van der Waals surface area contributed by atoms with Crippen LogP contribution < -0.4 is 9.47 Å². The molecule has 4 rings (SSSR count). The minimum Gasteiger partial charge on any atom is -0.497 e. The lowest BCUT2D eigenvalue weighted by atomic mass is 10.1. The van der Waals surface area contributed by atoms with Gasteiger partial charge in [-0.25, -0.2) is 0 Å². The molecule has 2 heterocycles. The monoisotopic (exact) mass is 487 g/mol. The first-order valence-electron chi connectivity index (χ1n) is 11.4. The number of carbonyl (C=O) groups excluding carboxylic acids is 2. The Labute approximate surface area is 204 Å². The van der Waals surface area contributed by atoms with E-state index in [4.69, 9.17) is 25.8 Å². The fourth-order valence-electron chi connectivity index (χ4n) is 4.39. The molecule has 0 bridgehead atoms. The summed E-state index contributed by atoms with van der Waals surface area (Å²) in [5.74, 6) is 1.08. The zero-order valence-electron chi connectivity index (χ0n) is 19.5. The molecule has 34 heavy (non-hydrogen) atoms. The number of rotatable bonds is 6. The maximum absolute atomic E-state index is 13.1. The number of hydrogen-bond donors (Lipinski definition) is 0. The van der Waals surface area contributed by atoms with Crippen molar-refractivity contribution in [1.29, 1.82) is 0 Å². The van der Waals surface area contributed by atoms with Gasteiger partial charge in [-0.05, 0) is 30.3 Å². The van der Waals surface area contributed by atoms with Crippen molar-refractivity contribution in [3.05, 3.63) is 58.6 Å². The molecule has 2 fully saturated rings. The van der Waals surface area contributed by atoms with Gasteiger partial charge in [-0.15, -0.1) is 0 Å². The molecule has 2 aliphatic rings. The Hall–Kier alpha value is -2.81. The molecule has 2 aromatic carbocycles. The average Bonchev–Trinajstić information content (AvgIpc) is 2.88. The standard InChI is InChI=1S/C25H30ClN3O5/c1-32-20-6-7-22(23(15-20)33-2)25(31)28-10-8-27(9-11-28)16-21-17-29(12-13-34-21)24(30)18-4-3-5-19(26)14-18/h3-7,14-15,21H,8-13,16-17H2,1-2H3. The van der Waals surface area contributed by atoms with Crippen LogP contribution >= 0.6 is 11.6 Å². The lowest BCUT2D eigenvalue weighted by Crippen LogP contribution is -2.54. The van der Waals surface area contributed by atoms with E-state index >= 15 is 0 Å². The van der Waals surface area contributed by atoms with Gasteiger partial charge in [0.2, 0.25) is 0 Å². The van der Waals surface area contributed by atoms with Gasteiger partial charge >= 0.3 is 0 Å². The highest BCUT2D eigenvalue weighted by Crippen LogP contribution is 2.26. The number of carbonyl (C=O) groups is 2. The van der Waals surface area contributed by atoms with E-state index in [0.717, 1.165) is 13.1 Å². The van der Waals surface area contributed by atoms with Crippen molar-refractivity contribution in [3.8, 4) is 11.5 Å². The van der Waals surface area contributed by atoms with E-state index in [9.17, 15) is 9.59 Å². The molecule has 1 atom stereocenters. The zero-order valence-corrected chi connectivity index (χ0v) is 20.3. The van der Waals surface area contributed by atoms with Crippen molar-refractivity contribution in [1.82, 2.24) is 14.7 Å². The molecule has 0 N–H and O–H groups in total. The molecule has 2 saturated heterocycles. The highest BCUT2D eigenvalue weighted by Gasteiger charge is 2.29. The van der Waals surface area contributed by atoms with Gasteiger partial charge in [-0.3, -0.25) is 14.5 Å². The normalized spacial score (nSPS) is 19.1. The number of piperazine rings is 1. The van der Waals surface area contributed by atoms with Crippen molar-refractivity contribution >= 4 is 23.4 Å². The van der Waals surface area contributed by atoms with Gasteiger partial charge in [0.1, 0.15) is 11.5 Å². The van der Waals surface area contributed by atoms with E-state index in [0.29, 0.717) is 67.0 Å². The van der Waals surface area contributed by atoms with Crippen LogP contribution in [0.4, 0.5) is 0 Å². The second kappa shape index (κ2) is 11.1. The number of methoxy groups -OCH3 is 2. The molecule has 1 unspecified atom stereocenters. The summed E-state index contributed by atoms with van der Waals surface area (Å²) in [6.45, 7) is 5.04. The van der Waals surface area contributed by atoms with Gasteiger partial charge in [-0.2, -0.15) is 0 Å². The first-order chi connectivity index (χ1) is 16.5. The Balaban J connectivity index is 1.30. The second-order valence-corrected chi connectivity index (χ2v) is 8.85. The van der Waals surface area contributed by atoms with Crippen molar-refractivity contribution in [3.63, 3.8) is 0 Å². The summed E-state index contributed by atoms with van der Waals surface area (Å²) in [4.78, 5) is 31.9. The Morgan fingerprint density at radius 2 is 1.76 bits per heavy atom. The first kappa shape index (κ1) is 24.3. The number of morpholine rings is 1. The third-order valence-corrected chi connectivity index (χ3v) is 6.49. The summed E-state index contributed by atoms with van der Waals surface area (Å²) in [5, 5.41) is 0.551. The third kappa shape index (κ3) is 5.63. The first-order valence-corrected chi connectivity index (χ1v) is 11.8. The Kier molecular flexibility index (Phi) is 7.92. The van der Waals surface area contributed by atoms with Crippen LogP contribution in [0.25, 0.3) is 0 Å².